The summed E-state index contributed by atoms with van der Waals surface area (Å²) in [6.45, 7) is 0. The first-order chi connectivity index (χ1) is 13.4. The van der Waals surface area contributed by atoms with Gasteiger partial charge in [0.15, 0.2) is 0 Å². The van der Waals surface area contributed by atoms with Gasteiger partial charge in [-0.05, 0) is 48.2 Å². The predicted molar refractivity (Wildman–Crippen MR) is 109 cm³/mol. The lowest BCUT2D eigenvalue weighted by Crippen LogP contribution is -2.32. The smallest absolute Gasteiger partial charge is 0.337 e. The second-order valence-corrected chi connectivity index (χ2v) is 7.60. The number of phenols is 2. The molecule has 1 amide bonds. The van der Waals surface area contributed by atoms with Gasteiger partial charge >= 0.3 is 5.16 Å². The number of amides is 1. The van der Waals surface area contributed by atoms with Crippen molar-refractivity contribution < 1.29 is 19.6 Å². The van der Waals surface area contributed by atoms with Crippen molar-refractivity contribution in [2.24, 2.45) is 12.1 Å². The maximum atomic E-state index is 12.0. The van der Waals surface area contributed by atoms with Crippen molar-refractivity contribution in [3.63, 3.8) is 0 Å². The fourth-order valence-electron chi connectivity index (χ4n) is 2.32. The molecule has 0 fully saturated rings. The number of rotatable bonds is 6. The normalized spacial score (nSPS) is 11.1. The molecular formula is C18H17BrN5O3S+. The molecule has 2 aromatic carbocycles. The van der Waals surface area contributed by atoms with Gasteiger partial charge in [-0.15, -0.1) is 5.10 Å². The molecule has 1 aromatic heterocycles. The standard InChI is InChI=1S/C18H16BrN5O3S/c1-24-17(11-2-5-13(19)6-3-11)22-23-18(24)28-10-16(27)21-20-9-12-4-7-14(25)8-15(12)26/h2-9H,10H2,1H3,(H3,20,21,25,26,27)/p+1. The van der Waals surface area contributed by atoms with Crippen LogP contribution in [0.2, 0.25) is 0 Å². The number of nitrogens with one attached hydrogen (secondary N) is 2. The Morgan fingerprint density at radius 2 is 2.07 bits per heavy atom. The van der Waals surface area contributed by atoms with Crippen molar-refractivity contribution in [2.45, 2.75) is 5.16 Å². The van der Waals surface area contributed by atoms with Gasteiger partial charge in [0.2, 0.25) is 0 Å². The number of carbonyl (C=O) groups excluding carboxylic acids is 1. The van der Waals surface area contributed by atoms with E-state index in [0.29, 0.717) is 10.7 Å². The fraction of sp³-hybridized carbons (Fsp3) is 0.111. The van der Waals surface area contributed by atoms with Crippen LogP contribution in [-0.2, 0) is 11.8 Å². The quantitative estimate of drug-likeness (QED) is 0.194. The van der Waals surface area contributed by atoms with Crippen molar-refractivity contribution in [3.05, 3.63) is 52.5 Å². The van der Waals surface area contributed by atoms with E-state index in [2.05, 4.69) is 36.7 Å². The van der Waals surface area contributed by atoms with E-state index in [1.165, 1.54) is 36.2 Å². The molecule has 1 heterocycles. The monoisotopic (exact) mass is 462 g/mol. The van der Waals surface area contributed by atoms with Crippen LogP contribution in [0, 0.1) is 0 Å². The fourth-order valence-corrected chi connectivity index (χ4v) is 3.30. The first-order valence-electron chi connectivity index (χ1n) is 8.11. The summed E-state index contributed by atoms with van der Waals surface area (Å²) in [5.41, 5.74) is 3.75. The molecule has 4 N–H and O–H groups in total. The minimum absolute atomic E-state index is 0.0514. The van der Waals surface area contributed by atoms with Crippen molar-refractivity contribution >= 4 is 39.8 Å². The number of nitrogens with zero attached hydrogens (tertiary/aromatic N) is 3. The molecule has 3 rings (SSSR count). The van der Waals surface area contributed by atoms with Crippen LogP contribution >= 0.6 is 27.7 Å². The maximum Gasteiger partial charge on any atom is 0.337 e. The average molecular weight is 463 g/mol. The van der Waals surface area contributed by atoms with Crippen molar-refractivity contribution in [2.75, 3.05) is 5.75 Å². The van der Waals surface area contributed by atoms with Gasteiger partial charge in [-0.3, -0.25) is 4.79 Å². The van der Waals surface area contributed by atoms with Crippen LogP contribution in [0.1, 0.15) is 5.56 Å². The Hall–Kier alpha value is -2.85. The molecule has 8 nitrogen and oxygen atoms in total. The highest BCUT2D eigenvalue weighted by atomic mass is 79.9. The van der Waals surface area contributed by atoms with Crippen molar-refractivity contribution in [1.29, 1.82) is 0 Å². The zero-order valence-corrected chi connectivity index (χ0v) is 17.2. The van der Waals surface area contributed by atoms with Crippen LogP contribution in [0.15, 0.2) is 57.2 Å². The summed E-state index contributed by atoms with van der Waals surface area (Å²) in [5.74, 6) is 0.460. The number of carbonyl (C=O) groups is 1. The molecule has 0 bridgehead atoms. The van der Waals surface area contributed by atoms with Crippen molar-refractivity contribution in [1.82, 2.24) is 15.6 Å². The van der Waals surface area contributed by atoms with E-state index in [0.717, 1.165) is 15.9 Å². The predicted octanol–water partition coefficient (Wildman–Crippen LogP) is 2.32. The third kappa shape index (κ3) is 4.90. The van der Waals surface area contributed by atoms with Gasteiger partial charge in [0.25, 0.3) is 11.7 Å². The summed E-state index contributed by atoms with van der Waals surface area (Å²) in [4.78, 5) is 12.0. The molecule has 0 saturated carbocycles. The number of aromatic nitrogens is 3. The molecule has 144 valence electrons. The number of hydrazone groups is 1. The summed E-state index contributed by atoms with van der Waals surface area (Å²) in [6, 6.07) is 11.9. The van der Waals surface area contributed by atoms with Crippen LogP contribution in [0.5, 0.6) is 11.5 Å². The molecule has 3 aromatic rings. The number of hydrogen-bond donors (Lipinski definition) is 4. The molecule has 0 aliphatic rings. The van der Waals surface area contributed by atoms with Gasteiger partial charge in [-0.2, -0.15) is 5.10 Å². The zero-order chi connectivity index (χ0) is 20.1. The largest absolute Gasteiger partial charge is 0.508 e. The number of halogens is 1. The van der Waals surface area contributed by atoms with E-state index < -0.39 is 0 Å². The Morgan fingerprint density at radius 1 is 1.32 bits per heavy atom. The molecule has 10 heteroatoms. The number of thioether (sulfide) groups is 1. The van der Waals surface area contributed by atoms with Crippen LogP contribution in [0.25, 0.3) is 11.4 Å². The Labute approximate surface area is 173 Å². The molecule has 0 atom stereocenters. The summed E-state index contributed by atoms with van der Waals surface area (Å²) >= 11 is 4.68. The average Bonchev–Trinajstić information content (AvgIpc) is 3.03. The van der Waals surface area contributed by atoms with Gasteiger partial charge in [-0.1, -0.05) is 15.9 Å². The molecule has 0 unspecified atom stereocenters. The number of benzene rings is 2. The third-order valence-corrected chi connectivity index (χ3v) is 5.30. The number of aromatic hydroxyl groups is 2. The van der Waals surface area contributed by atoms with Crippen molar-refractivity contribution in [3.8, 4) is 22.9 Å². The SMILES string of the molecule is C[n+]1c(SCC(=O)N/N=C/c2ccc(O)cc2O)n[nH]c1-c1ccc(Br)cc1. The highest BCUT2D eigenvalue weighted by molar-refractivity contribution is 9.10. The van der Waals surface area contributed by atoms with Gasteiger partial charge in [-0.25, -0.2) is 9.99 Å². The number of H-pyrrole nitrogens is 1. The highest BCUT2D eigenvalue weighted by Crippen LogP contribution is 2.21. The number of aromatic amines is 1. The lowest BCUT2D eigenvalue weighted by atomic mass is 10.2. The van der Waals surface area contributed by atoms with Crippen LogP contribution in [0.3, 0.4) is 0 Å². The minimum atomic E-state index is -0.312. The van der Waals surface area contributed by atoms with E-state index in [4.69, 9.17) is 0 Å². The molecule has 0 spiro atoms. The number of hydrogen-bond acceptors (Lipinski definition) is 6. The van der Waals surface area contributed by atoms with Crippen LogP contribution in [0.4, 0.5) is 0 Å². The third-order valence-electron chi connectivity index (χ3n) is 3.74. The summed E-state index contributed by atoms with van der Waals surface area (Å²) in [6.07, 6.45) is 1.30. The number of phenolic OH excluding ortho intramolecular Hbond substituents is 2. The molecular weight excluding hydrogens is 446 g/mol. The van der Waals surface area contributed by atoms with E-state index in [-0.39, 0.29) is 23.2 Å². The molecule has 0 aliphatic carbocycles. The van der Waals surface area contributed by atoms with E-state index >= 15 is 0 Å². The highest BCUT2D eigenvalue weighted by Gasteiger charge is 2.19. The summed E-state index contributed by atoms with van der Waals surface area (Å²) in [7, 11) is 1.87. The van der Waals surface area contributed by atoms with E-state index in [9.17, 15) is 15.0 Å². The molecule has 0 aliphatic heterocycles. The lowest BCUT2D eigenvalue weighted by Gasteiger charge is -2.00. The van der Waals surface area contributed by atoms with Gasteiger partial charge < -0.3 is 10.2 Å². The first-order valence-corrected chi connectivity index (χ1v) is 9.89. The van der Waals surface area contributed by atoms with Gasteiger partial charge in [0, 0.05) is 16.1 Å². The molecule has 28 heavy (non-hydrogen) atoms. The second-order valence-electron chi connectivity index (χ2n) is 5.75. The molecule has 0 radical (unpaired) electrons. The van der Waals surface area contributed by atoms with Gasteiger partial charge in [0.1, 0.15) is 11.5 Å². The Balaban J connectivity index is 1.56. The first kappa shape index (κ1) is 19.9. The summed E-state index contributed by atoms with van der Waals surface area (Å²) in [5, 5.41) is 30.6. The zero-order valence-electron chi connectivity index (χ0n) is 14.8. The molecule has 0 saturated heterocycles. The van der Waals surface area contributed by atoms with Crippen LogP contribution in [-0.4, -0.2) is 38.3 Å². The Bertz CT molecular complexity index is 1020. The van der Waals surface area contributed by atoms with E-state index in [1.807, 2.05) is 35.9 Å². The minimum Gasteiger partial charge on any atom is -0.508 e. The topological polar surface area (TPSA) is 114 Å². The lowest BCUT2D eigenvalue weighted by molar-refractivity contribution is -0.698. The van der Waals surface area contributed by atoms with E-state index in [1.54, 1.807) is 0 Å². The Kier molecular flexibility index (Phi) is 6.32. The Morgan fingerprint density at radius 3 is 2.79 bits per heavy atom. The summed E-state index contributed by atoms with van der Waals surface area (Å²) < 4.78 is 2.87. The maximum absolute atomic E-state index is 12.0. The van der Waals surface area contributed by atoms with Crippen LogP contribution < -0.4 is 9.99 Å². The second kappa shape index (κ2) is 8.89. The van der Waals surface area contributed by atoms with Gasteiger partial charge in [0.05, 0.1) is 29.7 Å².